The van der Waals surface area contributed by atoms with E-state index in [-0.39, 0.29) is 57.6 Å². The van der Waals surface area contributed by atoms with Crippen LogP contribution in [0.5, 0.6) is 11.5 Å². The molecule has 2 unspecified atom stereocenters. The minimum atomic E-state index is -1.03. The summed E-state index contributed by atoms with van der Waals surface area (Å²) in [6.07, 6.45) is 1.99. The van der Waals surface area contributed by atoms with Gasteiger partial charge in [-0.2, -0.15) is 0 Å². The first-order valence-corrected chi connectivity index (χ1v) is 14.1. The van der Waals surface area contributed by atoms with Crippen LogP contribution < -0.4 is 29.9 Å². The van der Waals surface area contributed by atoms with Crippen molar-refractivity contribution in [3.05, 3.63) is 76.8 Å². The van der Waals surface area contributed by atoms with Gasteiger partial charge in [-0.15, -0.1) is 4.48 Å². The summed E-state index contributed by atoms with van der Waals surface area (Å²) in [5.74, 6) is -1.11. The van der Waals surface area contributed by atoms with E-state index in [1.54, 1.807) is 48.5 Å². The standard InChI is InChI=1S/C31H31ClN4O7/c1-41-26-16-27(42-2)25(15-23(26)32)36(30(39)22-7-3-4-8-24(22)35(31(36)40)18-28(33)37)20-11-9-19(10-12-20)14-29(38)34-17-21-6-5-13-43-21/h3-4,7-12,15-16,21H,5-6,13-14,17-18H2,1-2H3,(H2-,33,34,37,38)/p+1. The molecule has 0 aliphatic carbocycles. The number of halogens is 1. The second kappa shape index (κ2) is 12.4. The van der Waals surface area contributed by atoms with E-state index in [2.05, 4.69) is 5.32 Å². The van der Waals surface area contributed by atoms with Crippen LogP contribution in [0.1, 0.15) is 28.8 Å². The predicted octanol–water partition coefficient (Wildman–Crippen LogP) is 4.10. The summed E-state index contributed by atoms with van der Waals surface area (Å²) in [6, 6.07) is 15.2. The number of fused-ring (bicyclic) bond motifs is 1. The normalized spacial score (nSPS) is 19.6. The van der Waals surface area contributed by atoms with Crippen molar-refractivity contribution in [2.24, 2.45) is 5.73 Å². The molecule has 3 aromatic rings. The Labute approximate surface area is 253 Å². The van der Waals surface area contributed by atoms with Crippen LogP contribution in [-0.2, 0) is 20.7 Å². The summed E-state index contributed by atoms with van der Waals surface area (Å²) in [5, 5.41) is 3.03. The number of hydrogen-bond donors (Lipinski definition) is 2. The van der Waals surface area contributed by atoms with Crippen molar-refractivity contribution in [2.75, 3.05) is 38.8 Å². The van der Waals surface area contributed by atoms with Gasteiger partial charge < -0.3 is 25.3 Å². The summed E-state index contributed by atoms with van der Waals surface area (Å²) in [6.45, 7) is 0.663. The van der Waals surface area contributed by atoms with E-state index in [9.17, 15) is 19.2 Å². The number of benzene rings is 3. The summed E-state index contributed by atoms with van der Waals surface area (Å²) in [7, 11) is 2.83. The lowest BCUT2D eigenvalue weighted by molar-refractivity contribution is -0.121. The zero-order valence-corrected chi connectivity index (χ0v) is 24.6. The average molecular weight is 608 g/mol. The maximum Gasteiger partial charge on any atom is 0.442 e. The molecular formula is C31H32ClN4O7+. The quantitative estimate of drug-likeness (QED) is 0.331. The first-order valence-electron chi connectivity index (χ1n) is 13.7. The van der Waals surface area contributed by atoms with E-state index >= 15 is 0 Å². The average Bonchev–Trinajstić information content (AvgIpc) is 3.53. The van der Waals surface area contributed by atoms with Crippen molar-refractivity contribution < 1.29 is 33.4 Å². The van der Waals surface area contributed by atoms with Crippen molar-refractivity contribution in [1.29, 1.82) is 0 Å². The summed E-state index contributed by atoms with van der Waals surface area (Å²) in [4.78, 5) is 55.2. The Morgan fingerprint density at radius 3 is 2.44 bits per heavy atom. The van der Waals surface area contributed by atoms with Gasteiger partial charge in [0, 0.05) is 37.4 Å². The second-order valence-electron chi connectivity index (χ2n) is 10.3. The number of rotatable bonds is 10. The van der Waals surface area contributed by atoms with Gasteiger partial charge in [0.25, 0.3) is 0 Å². The lowest BCUT2D eigenvalue weighted by atomic mass is 10.0. The molecule has 43 heavy (non-hydrogen) atoms. The van der Waals surface area contributed by atoms with Crippen LogP contribution >= 0.6 is 11.6 Å². The largest absolute Gasteiger partial charge is 0.495 e. The number of quaternary nitrogens is 1. The van der Waals surface area contributed by atoms with Crippen LogP contribution in [0.2, 0.25) is 5.02 Å². The van der Waals surface area contributed by atoms with Crippen molar-refractivity contribution in [3.63, 3.8) is 0 Å². The van der Waals surface area contributed by atoms with Crippen molar-refractivity contribution in [1.82, 2.24) is 9.80 Å². The number of methoxy groups -OCH3 is 2. The van der Waals surface area contributed by atoms with E-state index in [1.807, 2.05) is 0 Å². The zero-order valence-electron chi connectivity index (χ0n) is 23.8. The zero-order chi connectivity index (χ0) is 30.7. The number of para-hydroxylation sites is 1. The van der Waals surface area contributed by atoms with Gasteiger partial charge >= 0.3 is 11.9 Å². The van der Waals surface area contributed by atoms with Gasteiger partial charge in [-0.05, 0) is 30.5 Å². The number of anilines is 1. The number of carbonyl (C=O) groups excluding carboxylic acids is 4. The van der Waals surface area contributed by atoms with Crippen LogP contribution in [0.4, 0.5) is 21.9 Å². The molecule has 224 valence electrons. The molecule has 1 saturated heterocycles. The van der Waals surface area contributed by atoms with Gasteiger partial charge in [0.1, 0.15) is 17.9 Å². The molecule has 0 aromatic heterocycles. The van der Waals surface area contributed by atoms with Crippen molar-refractivity contribution >= 4 is 52.4 Å². The molecule has 5 rings (SSSR count). The number of hydrogen-bond acceptors (Lipinski definition) is 7. The first kappa shape index (κ1) is 30.0. The second-order valence-corrected chi connectivity index (χ2v) is 10.7. The number of nitrogens with two attached hydrogens (primary N) is 1. The minimum Gasteiger partial charge on any atom is -0.495 e. The molecule has 12 heteroatoms. The fraction of sp³-hybridized carbons (Fsp3) is 0.290. The highest BCUT2D eigenvalue weighted by Crippen LogP contribution is 2.50. The van der Waals surface area contributed by atoms with Crippen LogP contribution in [0, 0.1) is 0 Å². The fourth-order valence-corrected chi connectivity index (χ4v) is 5.79. The Bertz CT molecular complexity index is 1570. The molecule has 0 spiro atoms. The third kappa shape index (κ3) is 5.54. The third-order valence-electron chi connectivity index (χ3n) is 7.62. The van der Waals surface area contributed by atoms with Gasteiger partial charge in [-0.1, -0.05) is 35.9 Å². The maximum atomic E-state index is 14.6. The molecule has 0 radical (unpaired) electrons. The summed E-state index contributed by atoms with van der Waals surface area (Å²) in [5.41, 5.74) is 7.01. The van der Waals surface area contributed by atoms with E-state index in [0.717, 1.165) is 12.8 Å². The molecule has 11 nitrogen and oxygen atoms in total. The summed E-state index contributed by atoms with van der Waals surface area (Å²) < 4.78 is 15.6. The molecule has 2 aliphatic heterocycles. The van der Waals surface area contributed by atoms with E-state index in [1.165, 1.54) is 31.3 Å². The Kier molecular flexibility index (Phi) is 8.67. The molecular weight excluding hydrogens is 576 g/mol. The van der Waals surface area contributed by atoms with Gasteiger partial charge in [0.2, 0.25) is 11.8 Å². The Morgan fingerprint density at radius 1 is 1.07 bits per heavy atom. The van der Waals surface area contributed by atoms with Crippen LogP contribution in [0.25, 0.3) is 0 Å². The fourth-order valence-electron chi connectivity index (χ4n) is 5.55. The van der Waals surface area contributed by atoms with Crippen LogP contribution in [0.15, 0.2) is 60.7 Å². The lowest BCUT2D eigenvalue weighted by Crippen LogP contribution is -2.64. The molecule has 2 aliphatic rings. The topological polar surface area (TPSA) is 137 Å². The number of nitrogens with zero attached hydrogens (tertiary/aromatic N) is 2. The predicted molar refractivity (Wildman–Crippen MR) is 161 cm³/mol. The monoisotopic (exact) mass is 607 g/mol. The maximum absolute atomic E-state index is 14.6. The molecule has 1 fully saturated rings. The number of imide groups is 1. The smallest absolute Gasteiger partial charge is 0.442 e. The number of carbonyl (C=O) groups is 4. The molecule has 3 N–H and O–H groups in total. The number of nitrogens with one attached hydrogen (secondary N) is 1. The third-order valence-corrected chi connectivity index (χ3v) is 7.91. The van der Waals surface area contributed by atoms with E-state index in [4.69, 9.17) is 31.5 Å². The summed E-state index contributed by atoms with van der Waals surface area (Å²) >= 11 is 6.55. The highest BCUT2D eigenvalue weighted by atomic mass is 35.5. The Balaban J connectivity index is 1.63. The van der Waals surface area contributed by atoms with Gasteiger partial charge in [-0.25, -0.2) is 9.59 Å². The van der Waals surface area contributed by atoms with Gasteiger partial charge in [0.15, 0.2) is 17.1 Å². The number of urea groups is 1. The Hall–Kier alpha value is -4.45. The highest BCUT2D eigenvalue weighted by molar-refractivity contribution is 6.34. The molecule has 2 heterocycles. The van der Waals surface area contributed by atoms with E-state index in [0.29, 0.717) is 18.7 Å². The number of primary amides is 1. The molecule has 5 amide bonds. The first-order chi connectivity index (χ1) is 20.7. The van der Waals surface area contributed by atoms with Gasteiger partial charge in [0.05, 0.1) is 37.5 Å². The molecule has 3 aromatic carbocycles. The van der Waals surface area contributed by atoms with Gasteiger partial charge in [-0.3, -0.25) is 14.5 Å². The number of amides is 5. The van der Waals surface area contributed by atoms with Crippen LogP contribution in [-0.4, -0.2) is 63.8 Å². The lowest BCUT2D eigenvalue weighted by Gasteiger charge is -2.40. The molecule has 0 bridgehead atoms. The van der Waals surface area contributed by atoms with Crippen molar-refractivity contribution in [2.45, 2.75) is 25.4 Å². The highest BCUT2D eigenvalue weighted by Gasteiger charge is 2.59. The minimum absolute atomic E-state index is 0.0179. The van der Waals surface area contributed by atoms with Crippen molar-refractivity contribution in [3.8, 4) is 11.5 Å². The van der Waals surface area contributed by atoms with E-state index < -0.39 is 28.9 Å². The van der Waals surface area contributed by atoms with Crippen LogP contribution in [0.3, 0.4) is 0 Å². The molecule has 0 saturated carbocycles. The Morgan fingerprint density at radius 2 is 1.79 bits per heavy atom. The number of ether oxygens (including phenoxy) is 3. The SMILES string of the molecule is COc1cc(OC)c([N+]2(c3ccc(CC(=O)NCC4CCCO4)cc3)C(=O)c3ccccc3N(CC(N)=O)C2=O)cc1Cl. The molecule has 2 atom stereocenters.